The number of nitrogens with one attached hydrogen (secondary N) is 1. The summed E-state index contributed by atoms with van der Waals surface area (Å²) in [5, 5.41) is 3.63. The minimum atomic E-state index is -0.239. The molecule has 1 aromatic heterocycles. The molecule has 4 aromatic rings. The second-order valence-corrected chi connectivity index (χ2v) is 8.79. The number of carbonyl (C=O) groups is 2. The highest BCUT2D eigenvalue weighted by Crippen LogP contribution is 2.26. The molecule has 0 radical (unpaired) electrons. The molecule has 0 spiro atoms. The maximum Gasteiger partial charge on any atom is 0.260 e. The normalized spacial score (nSPS) is 10.6. The smallest absolute Gasteiger partial charge is 0.260 e. The Balaban J connectivity index is 1.51. The lowest BCUT2D eigenvalue weighted by atomic mass is 10.1. The molecule has 0 atom stereocenters. The largest absolute Gasteiger partial charge is 0.350 e. The van der Waals surface area contributed by atoms with Crippen molar-refractivity contribution in [3.05, 3.63) is 130 Å². The third-order valence-electron chi connectivity index (χ3n) is 5.40. The van der Waals surface area contributed by atoms with Gasteiger partial charge in [-0.15, -0.1) is 0 Å². The van der Waals surface area contributed by atoms with Crippen LogP contribution in [-0.4, -0.2) is 16.8 Å². The van der Waals surface area contributed by atoms with Gasteiger partial charge in [0.05, 0.1) is 35.8 Å². The lowest BCUT2D eigenvalue weighted by Gasteiger charge is -2.24. The molecular weight excluding hydrogens is 481 g/mol. The molecule has 0 unspecified atom stereocenters. The van der Waals surface area contributed by atoms with Crippen molar-refractivity contribution in [1.82, 2.24) is 10.3 Å². The van der Waals surface area contributed by atoms with Gasteiger partial charge in [0.1, 0.15) is 0 Å². The molecule has 0 saturated carbocycles. The van der Waals surface area contributed by atoms with E-state index in [4.69, 9.17) is 23.2 Å². The molecule has 0 bridgehead atoms. The number of halogens is 2. The van der Waals surface area contributed by atoms with E-state index in [1.807, 2.05) is 72.8 Å². The molecule has 0 aliphatic rings. The summed E-state index contributed by atoms with van der Waals surface area (Å²) in [6, 6.07) is 27.5. The summed E-state index contributed by atoms with van der Waals surface area (Å²) < 4.78 is 0. The van der Waals surface area contributed by atoms with Gasteiger partial charge in [-0.2, -0.15) is 0 Å². The Kier molecular flexibility index (Phi) is 8.14. The topological polar surface area (TPSA) is 62.3 Å². The number of aromatic nitrogens is 1. The molecule has 0 aliphatic heterocycles. The molecule has 1 heterocycles. The van der Waals surface area contributed by atoms with E-state index in [2.05, 4.69) is 10.3 Å². The number of anilines is 1. The standard InChI is InChI=1S/C28H23Cl2N3O2/c29-22-11-14-25(26(30)17-22)28(35)33(19-21-6-2-1-3-7-21)24-12-9-20(10-13-24)16-27(34)32-18-23-8-4-5-15-31-23/h1-15,17H,16,18-19H2,(H,32,34). The minimum Gasteiger partial charge on any atom is -0.350 e. The molecule has 7 heteroatoms. The van der Waals surface area contributed by atoms with Crippen LogP contribution in [0.5, 0.6) is 0 Å². The van der Waals surface area contributed by atoms with E-state index < -0.39 is 0 Å². The number of hydrogen-bond donors (Lipinski definition) is 1. The summed E-state index contributed by atoms with van der Waals surface area (Å²) in [4.78, 5) is 31.7. The van der Waals surface area contributed by atoms with Crippen molar-refractivity contribution < 1.29 is 9.59 Å². The van der Waals surface area contributed by atoms with Gasteiger partial charge in [0.15, 0.2) is 0 Å². The van der Waals surface area contributed by atoms with Crippen LogP contribution in [0, 0.1) is 0 Å². The van der Waals surface area contributed by atoms with E-state index in [0.29, 0.717) is 34.4 Å². The fraction of sp³-hybridized carbons (Fsp3) is 0.107. The summed E-state index contributed by atoms with van der Waals surface area (Å²) >= 11 is 12.4. The quantitative estimate of drug-likeness (QED) is 0.316. The molecular formula is C28H23Cl2N3O2. The maximum atomic E-state index is 13.5. The predicted octanol–water partition coefficient (Wildman–Crippen LogP) is 6.09. The monoisotopic (exact) mass is 503 g/mol. The average Bonchev–Trinajstić information content (AvgIpc) is 2.87. The Morgan fingerprint density at radius 2 is 1.57 bits per heavy atom. The zero-order valence-electron chi connectivity index (χ0n) is 18.8. The van der Waals surface area contributed by atoms with Crippen molar-refractivity contribution >= 4 is 40.7 Å². The average molecular weight is 504 g/mol. The molecule has 1 N–H and O–H groups in total. The minimum absolute atomic E-state index is 0.103. The number of amides is 2. The Bertz CT molecular complexity index is 1300. The Hall–Kier alpha value is -3.67. The van der Waals surface area contributed by atoms with Gasteiger partial charge in [-0.1, -0.05) is 71.7 Å². The second kappa shape index (κ2) is 11.6. The number of rotatable bonds is 8. The molecule has 3 aromatic carbocycles. The molecule has 2 amide bonds. The first-order valence-corrected chi connectivity index (χ1v) is 11.8. The molecule has 0 saturated heterocycles. The second-order valence-electron chi connectivity index (χ2n) is 7.94. The number of pyridine rings is 1. The summed E-state index contributed by atoms with van der Waals surface area (Å²) in [7, 11) is 0. The highest BCUT2D eigenvalue weighted by Gasteiger charge is 2.21. The Morgan fingerprint density at radius 3 is 2.26 bits per heavy atom. The van der Waals surface area contributed by atoms with Crippen LogP contribution in [0.2, 0.25) is 10.0 Å². The lowest BCUT2D eigenvalue weighted by molar-refractivity contribution is -0.120. The fourth-order valence-corrected chi connectivity index (χ4v) is 4.08. The van der Waals surface area contributed by atoms with Gasteiger partial charge < -0.3 is 10.2 Å². The Labute approximate surface area is 214 Å². The van der Waals surface area contributed by atoms with Gasteiger partial charge in [-0.05, 0) is 53.6 Å². The fourth-order valence-electron chi connectivity index (χ4n) is 3.59. The highest BCUT2D eigenvalue weighted by molar-refractivity contribution is 6.37. The van der Waals surface area contributed by atoms with Crippen LogP contribution in [0.25, 0.3) is 0 Å². The van der Waals surface area contributed by atoms with Crippen LogP contribution in [0.3, 0.4) is 0 Å². The zero-order valence-corrected chi connectivity index (χ0v) is 20.3. The predicted molar refractivity (Wildman–Crippen MR) is 140 cm³/mol. The number of carbonyl (C=O) groups excluding carboxylic acids is 2. The van der Waals surface area contributed by atoms with Gasteiger partial charge >= 0.3 is 0 Å². The summed E-state index contributed by atoms with van der Waals surface area (Å²) in [6.45, 7) is 0.738. The van der Waals surface area contributed by atoms with Crippen molar-refractivity contribution in [2.75, 3.05) is 4.90 Å². The van der Waals surface area contributed by atoms with Crippen LogP contribution in [0.4, 0.5) is 5.69 Å². The van der Waals surface area contributed by atoms with Crippen molar-refractivity contribution in [3.63, 3.8) is 0 Å². The molecule has 35 heavy (non-hydrogen) atoms. The van der Waals surface area contributed by atoms with Gasteiger partial charge in [0.2, 0.25) is 5.91 Å². The Morgan fingerprint density at radius 1 is 0.829 bits per heavy atom. The van der Waals surface area contributed by atoms with Crippen molar-refractivity contribution in [2.24, 2.45) is 0 Å². The van der Waals surface area contributed by atoms with Crippen LogP contribution >= 0.6 is 23.2 Å². The van der Waals surface area contributed by atoms with Crippen molar-refractivity contribution in [3.8, 4) is 0 Å². The van der Waals surface area contributed by atoms with Gasteiger partial charge in [0, 0.05) is 16.9 Å². The van der Waals surface area contributed by atoms with Crippen molar-refractivity contribution in [1.29, 1.82) is 0 Å². The van der Waals surface area contributed by atoms with Crippen LogP contribution in [0.15, 0.2) is 97.2 Å². The first kappa shape index (κ1) is 24.5. The van der Waals surface area contributed by atoms with E-state index in [0.717, 1.165) is 16.8 Å². The van der Waals surface area contributed by atoms with E-state index in [-0.39, 0.29) is 18.2 Å². The first-order chi connectivity index (χ1) is 17.0. The number of hydrogen-bond acceptors (Lipinski definition) is 3. The number of nitrogens with zero attached hydrogens (tertiary/aromatic N) is 2. The first-order valence-electron chi connectivity index (χ1n) is 11.1. The van der Waals surface area contributed by atoms with Gasteiger partial charge in [-0.25, -0.2) is 0 Å². The molecule has 4 rings (SSSR count). The third-order valence-corrected chi connectivity index (χ3v) is 5.94. The molecule has 5 nitrogen and oxygen atoms in total. The SMILES string of the molecule is O=C(Cc1ccc(N(Cc2ccccc2)C(=O)c2ccc(Cl)cc2Cl)cc1)NCc1ccccn1. The number of benzene rings is 3. The molecule has 0 fully saturated rings. The van der Waals surface area contributed by atoms with E-state index in [1.54, 1.807) is 29.3 Å². The van der Waals surface area contributed by atoms with E-state index in [1.165, 1.54) is 0 Å². The van der Waals surface area contributed by atoms with Crippen LogP contribution < -0.4 is 10.2 Å². The van der Waals surface area contributed by atoms with Gasteiger partial charge in [0.25, 0.3) is 5.91 Å². The maximum absolute atomic E-state index is 13.5. The summed E-state index contributed by atoms with van der Waals surface area (Å²) in [6.07, 6.45) is 1.92. The molecule has 176 valence electrons. The summed E-state index contributed by atoms with van der Waals surface area (Å²) in [5.41, 5.74) is 3.67. The third kappa shape index (κ3) is 6.69. The molecule has 0 aliphatic carbocycles. The van der Waals surface area contributed by atoms with Crippen molar-refractivity contribution in [2.45, 2.75) is 19.5 Å². The highest BCUT2D eigenvalue weighted by atomic mass is 35.5. The van der Waals surface area contributed by atoms with Crippen LogP contribution in [0.1, 0.15) is 27.2 Å². The van der Waals surface area contributed by atoms with Gasteiger partial charge in [-0.3, -0.25) is 14.6 Å². The zero-order chi connectivity index (χ0) is 24.6. The lowest BCUT2D eigenvalue weighted by Crippen LogP contribution is -2.30. The van der Waals surface area contributed by atoms with Crippen LogP contribution in [-0.2, 0) is 24.3 Å². The van der Waals surface area contributed by atoms with E-state index in [9.17, 15) is 9.59 Å². The summed E-state index contributed by atoms with van der Waals surface area (Å²) in [5.74, 6) is -0.343. The van der Waals surface area contributed by atoms with E-state index >= 15 is 0 Å².